The van der Waals surface area contributed by atoms with Crippen molar-refractivity contribution in [1.29, 1.82) is 0 Å². The maximum Gasteiger partial charge on any atom is 0.107 e. The number of hydrogen-bond donors (Lipinski definition) is 2. The number of aryl methyl sites for hydroxylation is 1. The number of aromatic nitrogens is 1. The number of nitrogens with two attached hydrogens (primary N) is 1. The summed E-state index contributed by atoms with van der Waals surface area (Å²) in [5.41, 5.74) is 5.87. The van der Waals surface area contributed by atoms with Gasteiger partial charge >= 0.3 is 0 Å². The van der Waals surface area contributed by atoms with Gasteiger partial charge in [0.1, 0.15) is 5.01 Å². The number of nitrogens with one attached hydrogen (secondary N) is 1. The molecule has 0 amide bonds. The summed E-state index contributed by atoms with van der Waals surface area (Å²) in [6, 6.07) is 0.279. The fraction of sp³-hybridized carbons (Fsp3) is 0.700. The zero-order valence-electron chi connectivity index (χ0n) is 8.92. The van der Waals surface area contributed by atoms with Crippen molar-refractivity contribution in [2.75, 3.05) is 6.54 Å². The Morgan fingerprint density at radius 3 is 3.00 bits per heavy atom. The molecular weight excluding hydrogens is 194 g/mol. The highest BCUT2D eigenvalue weighted by atomic mass is 32.1. The predicted molar refractivity (Wildman–Crippen MR) is 61.4 cm³/mol. The van der Waals surface area contributed by atoms with E-state index in [2.05, 4.69) is 24.1 Å². The van der Waals surface area contributed by atoms with E-state index in [1.54, 1.807) is 11.3 Å². The Hall–Kier alpha value is -0.450. The van der Waals surface area contributed by atoms with Crippen LogP contribution in [0.25, 0.3) is 0 Å². The summed E-state index contributed by atoms with van der Waals surface area (Å²) in [5, 5.41) is 4.47. The molecule has 3 nitrogen and oxygen atoms in total. The normalized spacial score (nSPS) is 13.1. The van der Waals surface area contributed by atoms with Gasteiger partial charge in [-0.3, -0.25) is 0 Å². The Bertz CT molecular complexity index is 260. The lowest BCUT2D eigenvalue weighted by molar-refractivity contribution is 0.538. The molecule has 0 fully saturated rings. The Morgan fingerprint density at radius 1 is 1.64 bits per heavy atom. The number of rotatable bonds is 6. The third kappa shape index (κ3) is 4.17. The van der Waals surface area contributed by atoms with E-state index >= 15 is 0 Å². The second-order valence-corrected chi connectivity index (χ2v) is 4.86. The van der Waals surface area contributed by atoms with Crippen LogP contribution in [0.4, 0.5) is 0 Å². The van der Waals surface area contributed by atoms with Gasteiger partial charge in [-0.1, -0.05) is 13.3 Å². The molecule has 0 aliphatic rings. The molecule has 1 aromatic heterocycles. The first kappa shape index (κ1) is 11.6. The zero-order chi connectivity index (χ0) is 10.4. The van der Waals surface area contributed by atoms with Crippen molar-refractivity contribution in [3.8, 4) is 0 Å². The third-order valence-corrected chi connectivity index (χ3v) is 2.92. The number of thiazole rings is 1. The highest BCUT2D eigenvalue weighted by Crippen LogP contribution is 2.10. The fourth-order valence-electron chi connectivity index (χ4n) is 1.32. The highest BCUT2D eigenvalue weighted by molar-refractivity contribution is 7.11. The van der Waals surface area contributed by atoms with E-state index in [9.17, 15) is 0 Å². The second kappa shape index (κ2) is 6.11. The Labute approximate surface area is 89.7 Å². The van der Waals surface area contributed by atoms with Crippen LogP contribution in [-0.2, 0) is 6.54 Å². The van der Waals surface area contributed by atoms with Crippen LogP contribution in [0.2, 0.25) is 0 Å². The molecule has 3 N–H and O–H groups in total. The van der Waals surface area contributed by atoms with Crippen molar-refractivity contribution in [2.45, 2.75) is 39.3 Å². The van der Waals surface area contributed by atoms with E-state index in [0.717, 1.165) is 30.9 Å². The van der Waals surface area contributed by atoms with Crippen LogP contribution in [0, 0.1) is 6.92 Å². The van der Waals surface area contributed by atoms with Crippen molar-refractivity contribution >= 4 is 11.3 Å². The monoisotopic (exact) mass is 213 g/mol. The van der Waals surface area contributed by atoms with Crippen molar-refractivity contribution < 1.29 is 0 Å². The molecule has 14 heavy (non-hydrogen) atoms. The lowest BCUT2D eigenvalue weighted by Gasteiger charge is -2.10. The molecule has 80 valence electrons. The van der Waals surface area contributed by atoms with Crippen molar-refractivity contribution in [3.05, 3.63) is 16.1 Å². The number of hydrogen-bond acceptors (Lipinski definition) is 4. The van der Waals surface area contributed by atoms with Crippen LogP contribution in [0.15, 0.2) is 6.20 Å². The summed E-state index contributed by atoms with van der Waals surface area (Å²) in [5.74, 6) is 0. The summed E-state index contributed by atoms with van der Waals surface area (Å²) >= 11 is 1.74. The van der Waals surface area contributed by atoms with Gasteiger partial charge in [-0.05, 0) is 13.3 Å². The second-order valence-electron chi connectivity index (χ2n) is 3.54. The molecule has 0 aromatic carbocycles. The van der Waals surface area contributed by atoms with Crippen LogP contribution in [0.5, 0.6) is 0 Å². The molecular formula is C10H19N3S. The van der Waals surface area contributed by atoms with Gasteiger partial charge in [0.25, 0.3) is 0 Å². The van der Waals surface area contributed by atoms with E-state index < -0.39 is 0 Å². The molecule has 0 spiro atoms. The average Bonchev–Trinajstić information content (AvgIpc) is 2.52. The first-order valence-corrected chi connectivity index (χ1v) is 5.91. The van der Waals surface area contributed by atoms with E-state index in [1.807, 2.05) is 6.20 Å². The molecule has 4 heteroatoms. The van der Waals surface area contributed by atoms with Crippen LogP contribution >= 0.6 is 11.3 Å². The third-order valence-electron chi connectivity index (χ3n) is 2.01. The molecule has 0 saturated carbocycles. The quantitative estimate of drug-likeness (QED) is 0.756. The summed E-state index contributed by atoms with van der Waals surface area (Å²) in [4.78, 5) is 5.54. The highest BCUT2D eigenvalue weighted by Gasteiger charge is 2.01. The zero-order valence-corrected chi connectivity index (χ0v) is 9.73. The molecule has 1 rings (SSSR count). The summed E-state index contributed by atoms with van der Waals surface area (Å²) < 4.78 is 0. The Balaban J connectivity index is 2.15. The SMILES string of the molecule is CCCC(N)CNCc1ncc(C)s1. The van der Waals surface area contributed by atoms with E-state index in [4.69, 9.17) is 5.73 Å². The summed E-state index contributed by atoms with van der Waals surface area (Å²) in [6.07, 6.45) is 4.15. The maximum absolute atomic E-state index is 5.87. The predicted octanol–water partition coefficient (Wildman–Crippen LogP) is 1.67. The van der Waals surface area contributed by atoms with E-state index in [0.29, 0.717) is 0 Å². The maximum atomic E-state index is 5.87. The largest absolute Gasteiger partial charge is 0.327 e. The lowest BCUT2D eigenvalue weighted by atomic mass is 10.2. The first-order valence-electron chi connectivity index (χ1n) is 5.10. The van der Waals surface area contributed by atoms with Gasteiger partial charge < -0.3 is 11.1 Å². The first-order chi connectivity index (χ1) is 6.72. The fourth-order valence-corrected chi connectivity index (χ4v) is 2.08. The van der Waals surface area contributed by atoms with Gasteiger partial charge in [-0.15, -0.1) is 11.3 Å². The van der Waals surface area contributed by atoms with Gasteiger partial charge in [0.05, 0.1) is 0 Å². The van der Waals surface area contributed by atoms with E-state index in [-0.39, 0.29) is 6.04 Å². The minimum atomic E-state index is 0.279. The summed E-state index contributed by atoms with van der Waals surface area (Å²) in [6.45, 7) is 5.95. The molecule has 1 aromatic rings. The Kier molecular flexibility index (Phi) is 5.07. The van der Waals surface area contributed by atoms with Gasteiger partial charge in [-0.25, -0.2) is 4.98 Å². The standard InChI is InChI=1S/C10H19N3S/c1-3-4-9(11)6-12-7-10-13-5-8(2)14-10/h5,9,12H,3-4,6-7,11H2,1-2H3. The summed E-state index contributed by atoms with van der Waals surface area (Å²) in [7, 11) is 0. The Morgan fingerprint density at radius 2 is 2.43 bits per heavy atom. The molecule has 0 aliphatic carbocycles. The van der Waals surface area contributed by atoms with Gasteiger partial charge in [-0.2, -0.15) is 0 Å². The molecule has 0 bridgehead atoms. The molecule has 1 atom stereocenters. The average molecular weight is 213 g/mol. The van der Waals surface area contributed by atoms with Gasteiger partial charge in [0.2, 0.25) is 0 Å². The van der Waals surface area contributed by atoms with Crippen LogP contribution in [0.3, 0.4) is 0 Å². The van der Waals surface area contributed by atoms with Crippen LogP contribution in [-0.4, -0.2) is 17.6 Å². The van der Waals surface area contributed by atoms with E-state index in [1.165, 1.54) is 4.88 Å². The van der Waals surface area contributed by atoms with Crippen molar-refractivity contribution in [1.82, 2.24) is 10.3 Å². The van der Waals surface area contributed by atoms with Crippen LogP contribution < -0.4 is 11.1 Å². The topological polar surface area (TPSA) is 50.9 Å². The van der Waals surface area contributed by atoms with Crippen molar-refractivity contribution in [3.63, 3.8) is 0 Å². The molecule has 0 radical (unpaired) electrons. The molecule has 1 unspecified atom stereocenters. The molecule has 0 aliphatic heterocycles. The minimum Gasteiger partial charge on any atom is -0.327 e. The lowest BCUT2D eigenvalue weighted by Crippen LogP contribution is -2.33. The number of nitrogens with zero attached hydrogens (tertiary/aromatic N) is 1. The van der Waals surface area contributed by atoms with Crippen LogP contribution in [0.1, 0.15) is 29.7 Å². The van der Waals surface area contributed by atoms with Gasteiger partial charge in [0.15, 0.2) is 0 Å². The minimum absolute atomic E-state index is 0.279. The van der Waals surface area contributed by atoms with Gasteiger partial charge in [0, 0.05) is 30.2 Å². The molecule has 0 saturated heterocycles. The molecule has 1 heterocycles. The smallest absolute Gasteiger partial charge is 0.107 e. The van der Waals surface area contributed by atoms with Crippen molar-refractivity contribution in [2.24, 2.45) is 5.73 Å².